The van der Waals surface area contributed by atoms with Crippen molar-refractivity contribution >= 4 is 17.6 Å². The molecule has 0 fully saturated rings. The Labute approximate surface area is 157 Å². The topological polar surface area (TPSA) is 85.3 Å². The van der Waals surface area contributed by atoms with Crippen molar-refractivity contribution in [1.29, 1.82) is 0 Å². The van der Waals surface area contributed by atoms with Gasteiger partial charge in [-0.3, -0.25) is 9.59 Å². The maximum Gasteiger partial charge on any atom is 0.272 e. The van der Waals surface area contributed by atoms with Crippen LogP contribution in [0.5, 0.6) is 5.75 Å². The van der Waals surface area contributed by atoms with Gasteiger partial charge < -0.3 is 15.4 Å². The van der Waals surface area contributed by atoms with Crippen LogP contribution in [0.1, 0.15) is 23.0 Å². The summed E-state index contributed by atoms with van der Waals surface area (Å²) in [5.41, 5.74) is 1.87. The van der Waals surface area contributed by atoms with Crippen molar-refractivity contribution in [2.45, 2.75) is 13.5 Å². The molecule has 1 aromatic heterocycles. The first-order valence-corrected chi connectivity index (χ1v) is 8.41. The van der Waals surface area contributed by atoms with E-state index in [-0.39, 0.29) is 17.5 Å². The fourth-order valence-electron chi connectivity index (χ4n) is 2.58. The molecule has 0 aliphatic heterocycles. The SMILES string of the molecule is COc1cccc(CNC(=O)c2cc(NC(C)=O)n(-c3ccccc3)n2)c1. The molecule has 0 saturated carbocycles. The van der Waals surface area contributed by atoms with Crippen LogP contribution in [0.25, 0.3) is 5.69 Å². The smallest absolute Gasteiger partial charge is 0.272 e. The second kappa shape index (κ2) is 8.18. The maximum atomic E-state index is 12.5. The number of aromatic nitrogens is 2. The van der Waals surface area contributed by atoms with E-state index in [2.05, 4.69) is 15.7 Å². The highest BCUT2D eigenvalue weighted by molar-refractivity contribution is 5.95. The number of nitrogens with one attached hydrogen (secondary N) is 2. The Morgan fingerprint density at radius 1 is 1.07 bits per heavy atom. The van der Waals surface area contributed by atoms with Gasteiger partial charge in [-0.05, 0) is 29.8 Å². The normalized spacial score (nSPS) is 10.3. The third kappa shape index (κ3) is 4.52. The molecule has 2 aromatic carbocycles. The lowest BCUT2D eigenvalue weighted by molar-refractivity contribution is -0.114. The van der Waals surface area contributed by atoms with Gasteiger partial charge in [-0.1, -0.05) is 30.3 Å². The number of para-hydroxylation sites is 1. The van der Waals surface area contributed by atoms with Crippen LogP contribution < -0.4 is 15.4 Å². The zero-order valence-corrected chi connectivity index (χ0v) is 15.1. The van der Waals surface area contributed by atoms with Crippen molar-refractivity contribution in [1.82, 2.24) is 15.1 Å². The Kier molecular flexibility index (Phi) is 5.51. The van der Waals surface area contributed by atoms with Gasteiger partial charge in [0.25, 0.3) is 5.91 Å². The molecule has 27 heavy (non-hydrogen) atoms. The molecule has 7 heteroatoms. The van der Waals surface area contributed by atoms with E-state index in [0.717, 1.165) is 17.0 Å². The van der Waals surface area contributed by atoms with Crippen molar-refractivity contribution in [3.8, 4) is 11.4 Å². The Morgan fingerprint density at radius 2 is 1.85 bits per heavy atom. The van der Waals surface area contributed by atoms with Crippen LogP contribution in [0.4, 0.5) is 5.82 Å². The average molecular weight is 364 g/mol. The number of nitrogens with zero attached hydrogens (tertiary/aromatic N) is 2. The Balaban J connectivity index is 1.80. The van der Waals surface area contributed by atoms with Crippen LogP contribution in [0.3, 0.4) is 0 Å². The first kappa shape index (κ1) is 18.2. The number of ether oxygens (including phenoxy) is 1. The van der Waals surface area contributed by atoms with Gasteiger partial charge >= 0.3 is 0 Å². The highest BCUT2D eigenvalue weighted by Crippen LogP contribution is 2.18. The highest BCUT2D eigenvalue weighted by Gasteiger charge is 2.16. The zero-order chi connectivity index (χ0) is 19.2. The van der Waals surface area contributed by atoms with Crippen LogP contribution >= 0.6 is 0 Å². The molecule has 3 rings (SSSR count). The summed E-state index contributed by atoms with van der Waals surface area (Å²) in [6, 6.07) is 18.3. The van der Waals surface area contributed by atoms with E-state index in [0.29, 0.717) is 12.4 Å². The van der Waals surface area contributed by atoms with Crippen LogP contribution in [-0.2, 0) is 11.3 Å². The summed E-state index contributed by atoms with van der Waals surface area (Å²) in [5.74, 6) is 0.581. The summed E-state index contributed by atoms with van der Waals surface area (Å²) in [4.78, 5) is 24.0. The van der Waals surface area contributed by atoms with Crippen LogP contribution in [-0.4, -0.2) is 28.7 Å². The number of amides is 2. The van der Waals surface area contributed by atoms with Crippen LogP contribution in [0.2, 0.25) is 0 Å². The number of carbonyl (C=O) groups excluding carboxylic acids is 2. The van der Waals surface area contributed by atoms with E-state index in [1.165, 1.54) is 11.6 Å². The number of carbonyl (C=O) groups is 2. The molecule has 0 aliphatic rings. The summed E-state index contributed by atoms with van der Waals surface area (Å²) in [5, 5.41) is 9.87. The molecular weight excluding hydrogens is 344 g/mol. The number of rotatable bonds is 6. The van der Waals surface area contributed by atoms with E-state index < -0.39 is 0 Å². The van der Waals surface area contributed by atoms with Gasteiger partial charge in [-0.25, -0.2) is 4.68 Å². The van der Waals surface area contributed by atoms with Gasteiger partial charge in [0.15, 0.2) is 5.69 Å². The first-order chi connectivity index (χ1) is 13.1. The Morgan fingerprint density at radius 3 is 2.56 bits per heavy atom. The number of benzene rings is 2. The van der Waals surface area contributed by atoms with E-state index in [1.807, 2.05) is 54.6 Å². The number of methoxy groups -OCH3 is 1. The fraction of sp³-hybridized carbons (Fsp3) is 0.150. The van der Waals surface area contributed by atoms with Gasteiger partial charge in [0.1, 0.15) is 11.6 Å². The molecule has 0 unspecified atom stereocenters. The van der Waals surface area contributed by atoms with Crippen molar-refractivity contribution in [3.05, 3.63) is 71.9 Å². The molecule has 0 spiro atoms. The van der Waals surface area contributed by atoms with Crippen molar-refractivity contribution in [2.24, 2.45) is 0 Å². The fourth-order valence-corrected chi connectivity index (χ4v) is 2.58. The van der Waals surface area contributed by atoms with Crippen molar-refractivity contribution in [2.75, 3.05) is 12.4 Å². The summed E-state index contributed by atoms with van der Waals surface area (Å²) in [7, 11) is 1.59. The third-order valence-electron chi connectivity index (χ3n) is 3.83. The van der Waals surface area contributed by atoms with E-state index in [9.17, 15) is 9.59 Å². The summed E-state index contributed by atoms with van der Waals surface area (Å²) < 4.78 is 6.71. The zero-order valence-electron chi connectivity index (χ0n) is 15.1. The van der Waals surface area contributed by atoms with E-state index >= 15 is 0 Å². The van der Waals surface area contributed by atoms with Gasteiger partial charge in [0, 0.05) is 19.5 Å². The monoisotopic (exact) mass is 364 g/mol. The van der Waals surface area contributed by atoms with Gasteiger partial charge in [-0.15, -0.1) is 0 Å². The predicted molar refractivity (Wildman–Crippen MR) is 102 cm³/mol. The minimum Gasteiger partial charge on any atom is -0.497 e. The van der Waals surface area contributed by atoms with Crippen LogP contribution in [0.15, 0.2) is 60.7 Å². The number of anilines is 1. The lowest BCUT2D eigenvalue weighted by Gasteiger charge is -2.07. The highest BCUT2D eigenvalue weighted by atomic mass is 16.5. The van der Waals surface area contributed by atoms with Crippen molar-refractivity contribution < 1.29 is 14.3 Å². The molecule has 1 heterocycles. The van der Waals surface area contributed by atoms with Gasteiger partial charge in [-0.2, -0.15) is 5.10 Å². The lowest BCUT2D eigenvalue weighted by atomic mass is 10.2. The molecule has 3 aromatic rings. The standard InChI is InChI=1S/C20H20N4O3/c1-14(25)22-19-12-18(23-24(19)16-8-4-3-5-9-16)20(26)21-13-15-7-6-10-17(11-15)27-2/h3-12H,13H2,1-2H3,(H,21,26)(H,22,25). The molecule has 2 amide bonds. The van der Waals surface area contributed by atoms with Crippen LogP contribution in [0, 0.1) is 0 Å². The summed E-state index contributed by atoms with van der Waals surface area (Å²) in [6.45, 7) is 1.74. The molecule has 0 radical (unpaired) electrons. The Hall–Kier alpha value is -3.61. The molecule has 0 saturated heterocycles. The lowest BCUT2D eigenvalue weighted by Crippen LogP contribution is -2.23. The quantitative estimate of drug-likeness (QED) is 0.704. The minimum atomic E-state index is -0.334. The first-order valence-electron chi connectivity index (χ1n) is 8.41. The maximum absolute atomic E-state index is 12.5. The largest absolute Gasteiger partial charge is 0.497 e. The Bertz CT molecular complexity index is 951. The van der Waals surface area contributed by atoms with E-state index in [1.54, 1.807) is 13.2 Å². The molecule has 0 aliphatic carbocycles. The van der Waals surface area contributed by atoms with E-state index in [4.69, 9.17) is 4.74 Å². The molecule has 2 N–H and O–H groups in total. The predicted octanol–water partition coefficient (Wildman–Crippen LogP) is 2.77. The molecular formula is C20H20N4O3. The van der Waals surface area contributed by atoms with Crippen molar-refractivity contribution in [3.63, 3.8) is 0 Å². The third-order valence-corrected chi connectivity index (χ3v) is 3.83. The minimum absolute atomic E-state index is 0.213. The average Bonchev–Trinajstić information content (AvgIpc) is 3.10. The molecule has 0 bridgehead atoms. The molecule has 0 atom stereocenters. The number of hydrogen-bond acceptors (Lipinski definition) is 4. The summed E-state index contributed by atoms with van der Waals surface area (Å²) in [6.07, 6.45) is 0. The van der Waals surface area contributed by atoms with Gasteiger partial charge in [0.2, 0.25) is 5.91 Å². The molecule has 138 valence electrons. The second-order valence-corrected chi connectivity index (χ2v) is 5.88. The van der Waals surface area contributed by atoms with Gasteiger partial charge in [0.05, 0.1) is 12.8 Å². The second-order valence-electron chi connectivity index (χ2n) is 5.88. The number of hydrogen-bond donors (Lipinski definition) is 2. The molecule has 7 nitrogen and oxygen atoms in total. The summed E-state index contributed by atoms with van der Waals surface area (Å²) >= 11 is 0.